The summed E-state index contributed by atoms with van der Waals surface area (Å²) in [5.74, 6) is -0.487. The zero-order valence-electron chi connectivity index (χ0n) is 15.8. The van der Waals surface area contributed by atoms with E-state index in [4.69, 9.17) is 32.7 Å². The summed E-state index contributed by atoms with van der Waals surface area (Å²) in [5.41, 5.74) is 1.50. The highest BCUT2D eigenvalue weighted by molar-refractivity contribution is 6.42. The second-order valence-corrected chi connectivity index (χ2v) is 7.34. The van der Waals surface area contributed by atoms with E-state index < -0.39 is 12.0 Å². The van der Waals surface area contributed by atoms with Crippen LogP contribution >= 0.6 is 23.2 Å². The Bertz CT molecular complexity index is 793. The molecule has 0 saturated carbocycles. The molecule has 1 N–H and O–H groups in total. The van der Waals surface area contributed by atoms with Crippen LogP contribution in [0.1, 0.15) is 18.5 Å². The molecule has 2 aliphatic rings. The van der Waals surface area contributed by atoms with Gasteiger partial charge in [-0.25, -0.2) is 9.59 Å². The highest BCUT2D eigenvalue weighted by Gasteiger charge is 2.38. The number of hydrogen-bond donors (Lipinski definition) is 1. The van der Waals surface area contributed by atoms with Crippen LogP contribution in [0.3, 0.4) is 0 Å². The normalized spacial score (nSPS) is 20.9. The van der Waals surface area contributed by atoms with Crippen molar-refractivity contribution >= 4 is 35.2 Å². The molecule has 1 aromatic rings. The second kappa shape index (κ2) is 9.13. The van der Waals surface area contributed by atoms with Crippen molar-refractivity contribution in [1.82, 2.24) is 15.1 Å². The first-order valence-corrected chi connectivity index (χ1v) is 9.88. The lowest BCUT2D eigenvalue weighted by Crippen LogP contribution is -2.50. The number of esters is 1. The molecular formula is C19H23Cl2N3O4. The largest absolute Gasteiger partial charge is 0.463 e. The highest BCUT2D eigenvalue weighted by Crippen LogP contribution is 2.37. The summed E-state index contributed by atoms with van der Waals surface area (Å²) in [4.78, 5) is 29.2. The third-order valence-electron chi connectivity index (χ3n) is 4.84. The summed E-state index contributed by atoms with van der Waals surface area (Å²) in [5, 5.41) is 3.50. The first-order valence-electron chi connectivity index (χ1n) is 9.12. The molecule has 2 heterocycles. The van der Waals surface area contributed by atoms with Crippen LogP contribution in [-0.4, -0.2) is 68.3 Å². The fourth-order valence-electron chi connectivity index (χ4n) is 3.35. The van der Waals surface area contributed by atoms with Gasteiger partial charge in [0.1, 0.15) is 0 Å². The summed E-state index contributed by atoms with van der Waals surface area (Å²) < 4.78 is 10.7. The van der Waals surface area contributed by atoms with Crippen LogP contribution in [0.2, 0.25) is 10.0 Å². The van der Waals surface area contributed by atoms with Crippen LogP contribution in [0.15, 0.2) is 29.5 Å². The number of nitrogens with zero attached hydrogens (tertiary/aromatic N) is 2. The van der Waals surface area contributed by atoms with Gasteiger partial charge >= 0.3 is 12.0 Å². The maximum atomic E-state index is 12.9. The molecule has 1 atom stereocenters. The molecule has 152 valence electrons. The fraction of sp³-hybridized carbons (Fsp3) is 0.474. The van der Waals surface area contributed by atoms with Crippen molar-refractivity contribution < 1.29 is 19.1 Å². The lowest BCUT2D eigenvalue weighted by Gasteiger charge is -2.37. The predicted octanol–water partition coefficient (Wildman–Crippen LogP) is 2.84. The third kappa shape index (κ3) is 4.27. The van der Waals surface area contributed by atoms with Gasteiger partial charge in [-0.05, 0) is 18.6 Å². The number of amides is 2. The van der Waals surface area contributed by atoms with Crippen LogP contribution in [0.25, 0.3) is 0 Å². The van der Waals surface area contributed by atoms with Gasteiger partial charge < -0.3 is 14.8 Å². The molecular weight excluding hydrogens is 405 g/mol. The molecule has 2 amide bonds. The molecule has 28 heavy (non-hydrogen) atoms. The summed E-state index contributed by atoms with van der Waals surface area (Å²) in [6.07, 6.45) is 0. The summed E-state index contributed by atoms with van der Waals surface area (Å²) in [6, 6.07) is 4.07. The lowest BCUT2D eigenvalue weighted by atomic mass is 9.94. The quantitative estimate of drug-likeness (QED) is 0.731. The van der Waals surface area contributed by atoms with E-state index in [9.17, 15) is 9.59 Å². The van der Waals surface area contributed by atoms with E-state index in [1.54, 1.807) is 32.2 Å². The number of carbonyl (C=O) groups excluding carboxylic acids is 2. The van der Waals surface area contributed by atoms with E-state index in [2.05, 4.69) is 10.2 Å². The van der Waals surface area contributed by atoms with Crippen LogP contribution in [0, 0.1) is 0 Å². The Labute approximate surface area is 174 Å². The van der Waals surface area contributed by atoms with E-state index in [1.807, 2.05) is 0 Å². The van der Waals surface area contributed by atoms with Gasteiger partial charge in [0.25, 0.3) is 0 Å². The Balaban J connectivity index is 2.09. The fourth-order valence-corrected chi connectivity index (χ4v) is 3.76. The zero-order chi connectivity index (χ0) is 20.3. The number of urea groups is 1. The molecule has 2 aliphatic heterocycles. The number of ether oxygens (including phenoxy) is 2. The lowest BCUT2D eigenvalue weighted by molar-refractivity contribution is -0.139. The first-order chi connectivity index (χ1) is 13.4. The topological polar surface area (TPSA) is 71.1 Å². The molecule has 3 rings (SSSR count). The van der Waals surface area contributed by atoms with E-state index >= 15 is 0 Å². The zero-order valence-corrected chi connectivity index (χ0v) is 17.3. The molecule has 0 aliphatic carbocycles. The number of halogens is 2. The Morgan fingerprint density at radius 2 is 2.04 bits per heavy atom. The van der Waals surface area contributed by atoms with E-state index in [1.165, 1.54) is 4.90 Å². The monoisotopic (exact) mass is 427 g/mol. The minimum absolute atomic E-state index is 0.223. The number of nitrogens with one attached hydrogen (secondary N) is 1. The smallest absolute Gasteiger partial charge is 0.338 e. The average Bonchev–Trinajstić information content (AvgIpc) is 2.68. The van der Waals surface area contributed by atoms with Crippen molar-refractivity contribution in [2.45, 2.75) is 13.0 Å². The molecule has 0 bridgehead atoms. The van der Waals surface area contributed by atoms with Crippen molar-refractivity contribution in [2.24, 2.45) is 0 Å². The van der Waals surface area contributed by atoms with Crippen molar-refractivity contribution in [1.29, 1.82) is 0 Å². The maximum absolute atomic E-state index is 12.9. The SMILES string of the molecule is CCOC(=O)C1=C(CN2CCOCC2)N(C)C(=O)N[C@H]1c1cccc(Cl)c1Cl. The summed E-state index contributed by atoms with van der Waals surface area (Å²) >= 11 is 12.6. The van der Waals surface area contributed by atoms with E-state index in [0.717, 1.165) is 13.1 Å². The van der Waals surface area contributed by atoms with Gasteiger partial charge in [0.2, 0.25) is 0 Å². The Kier molecular flexibility index (Phi) is 6.82. The molecule has 9 heteroatoms. The van der Waals surface area contributed by atoms with Gasteiger partial charge in [-0.3, -0.25) is 9.80 Å². The van der Waals surface area contributed by atoms with Gasteiger partial charge in [0.05, 0.1) is 41.5 Å². The van der Waals surface area contributed by atoms with E-state index in [-0.39, 0.29) is 12.6 Å². The summed E-state index contributed by atoms with van der Waals surface area (Å²) in [7, 11) is 1.64. The molecule has 1 fully saturated rings. The molecule has 1 aromatic carbocycles. The molecule has 0 aromatic heterocycles. The number of rotatable bonds is 5. The highest BCUT2D eigenvalue weighted by atomic mass is 35.5. The van der Waals surface area contributed by atoms with Crippen molar-refractivity contribution in [2.75, 3.05) is 46.5 Å². The maximum Gasteiger partial charge on any atom is 0.338 e. The van der Waals surface area contributed by atoms with Crippen LogP contribution in [0.4, 0.5) is 4.79 Å². The molecule has 0 spiro atoms. The number of benzene rings is 1. The van der Waals surface area contributed by atoms with Gasteiger partial charge in [-0.15, -0.1) is 0 Å². The molecule has 7 nitrogen and oxygen atoms in total. The Morgan fingerprint density at radius 1 is 1.32 bits per heavy atom. The molecule has 0 unspecified atom stereocenters. The predicted molar refractivity (Wildman–Crippen MR) is 106 cm³/mol. The minimum atomic E-state index is -0.745. The van der Waals surface area contributed by atoms with Crippen molar-refractivity contribution in [3.05, 3.63) is 45.1 Å². The Hall–Kier alpha value is -1.80. The Morgan fingerprint density at radius 3 is 2.71 bits per heavy atom. The third-order valence-corrected chi connectivity index (χ3v) is 5.68. The summed E-state index contributed by atoms with van der Waals surface area (Å²) in [6.45, 7) is 5.06. The first kappa shape index (κ1) is 20.9. The number of carbonyl (C=O) groups is 2. The number of morpholine rings is 1. The van der Waals surface area contributed by atoms with Crippen LogP contribution in [-0.2, 0) is 14.3 Å². The van der Waals surface area contributed by atoms with Gasteiger partial charge in [0.15, 0.2) is 0 Å². The van der Waals surface area contributed by atoms with Crippen molar-refractivity contribution in [3.63, 3.8) is 0 Å². The van der Waals surface area contributed by atoms with E-state index in [0.29, 0.717) is 46.6 Å². The van der Waals surface area contributed by atoms with Crippen LogP contribution < -0.4 is 5.32 Å². The molecule has 1 saturated heterocycles. The van der Waals surface area contributed by atoms with Crippen molar-refractivity contribution in [3.8, 4) is 0 Å². The van der Waals surface area contributed by atoms with Gasteiger partial charge in [-0.1, -0.05) is 35.3 Å². The van der Waals surface area contributed by atoms with Crippen LogP contribution in [0.5, 0.6) is 0 Å². The molecule has 0 radical (unpaired) electrons. The minimum Gasteiger partial charge on any atom is -0.463 e. The second-order valence-electron chi connectivity index (χ2n) is 6.55. The standard InChI is InChI=1S/C19H23Cl2N3O4/c1-3-28-18(25)15-14(11-24-7-9-27-10-8-24)23(2)19(26)22-17(15)12-5-4-6-13(20)16(12)21/h4-6,17H,3,7-11H2,1-2H3,(H,22,26)/t17-/m0/s1. The van der Waals surface area contributed by atoms with Gasteiger partial charge in [-0.2, -0.15) is 0 Å². The number of likely N-dealkylation sites (N-methyl/N-ethyl adjacent to an activating group) is 1. The average molecular weight is 428 g/mol. The number of hydrogen-bond acceptors (Lipinski definition) is 5. The van der Waals surface area contributed by atoms with Gasteiger partial charge in [0, 0.05) is 32.4 Å².